The molecule has 0 unspecified atom stereocenters. The molecule has 0 aliphatic heterocycles. The van der Waals surface area contributed by atoms with Crippen LogP contribution < -0.4 is 10.6 Å². The molecular formula is C21H20ClN7. The Morgan fingerprint density at radius 2 is 2.00 bits per heavy atom. The highest BCUT2D eigenvalue weighted by atomic mass is 35.5. The topological polar surface area (TPSA) is 80.5 Å². The average Bonchev–Trinajstić information content (AvgIpc) is 3.25. The number of halogens is 1. The first kappa shape index (κ1) is 18.9. The molecule has 0 saturated carbocycles. The molecule has 0 atom stereocenters. The number of anilines is 3. The Kier molecular flexibility index (Phi) is 5.97. The predicted octanol–water partition coefficient (Wildman–Crippen LogP) is 4.63. The monoisotopic (exact) mass is 405 g/mol. The van der Waals surface area contributed by atoms with E-state index in [1.165, 1.54) is 0 Å². The molecule has 4 aromatic rings. The molecule has 2 N–H and O–H groups in total. The summed E-state index contributed by atoms with van der Waals surface area (Å²) in [7, 11) is 0. The molecule has 3 heterocycles. The summed E-state index contributed by atoms with van der Waals surface area (Å²) in [6, 6.07) is 11.3. The van der Waals surface area contributed by atoms with Crippen LogP contribution in [0.5, 0.6) is 0 Å². The van der Waals surface area contributed by atoms with Gasteiger partial charge in [-0.15, -0.1) is 0 Å². The molecule has 0 saturated heterocycles. The largest absolute Gasteiger partial charge is 0.383 e. The normalized spacial score (nSPS) is 10.7. The van der Waals surface area contributed by atoms with E-state index in [4.69, 9.17) is 11.6 Å². The first-order valence-electron chi connectivity index (χ1n) is 9.27. The molecule has 3 aromatic heterocycles. The lowest BCUT2D eigenvalue weighted by Gasteiger charge is -2.12. The molecule has 1 aromatic carbocycles. The minimum Gasteiger partial charge on any atom is -0.383 e. The van der Waals surface area contributed by atoms with Crippen LogP contribution in [-0.2, 0) is 6.54 Å². The van der Waals surface area contributed by atoms with Crippen molar-refractivity contribution in [2.45, 2.75) is 13.0 Å². The average molecular weight is 406 g/mol. The molecular weight excluding hydrogens is 386 g/mol. The van der Waals surface area contributed by atoms with E-state index in [9.17, 15) is 0 Å². The van der Waals surface area contributed by atoms with Gasteiger partial charge in [-0.3, -0.25) is 4.98 Å². The molecule has 0 aliphatic rings. The number of benzene rings is 1. The second-order valence-electron chi connectivity index (χ2n) is 6.40. The Bertz CT molecular complexity index is 1070. The lowest BCUT2D eigenvalue weighted by Crippen LogP contribution is -2.07. The number of rotatable bonds is 8. The highest BCUT2D eigenvalue weighted by molar-refractivity contribution is 6.30. The van der Waals surface area contributed by atoms with Gasteiger partial charge < -0.3 is 15.2 Å². The van der Waals surface area contributed by atoms with Crippen molar-refractivity contribution in [3.8, 4) is 11.3 Å². The van der Waals surface area contributed by atoms with Gasteiger partial charge in [0.2, 0.25) is 5.95 Å². The van der Waals surface area contributed by atoms with Gasteiger partial charge in [0.1, 0.15) is 0 Å². The Morgan fingerprint density at radius 3 is 2.86 bits per heavy atom. The van der Waals surface area contributed by atoms with Crippen LogP contribution in [0.25, 0.3) is 11.3 Å². The van der Waals surface area contributed by atoms with Gasteiger partial charge in [0.05, 0.1) is 23.9 Å². The van der Waals surface area contributed by atoms with Crippen molar-refractivity contribution < 1.29 is 0 Å². The second-order valence-corrected chi connectivity index (χ2v) is 6.84. The zero-order valence-corrected chi connectivity index (χ0v) is 16.4. The van der Waals surface area contributed by atoms with Gasteiger partial charge in [0, 0.05) is 54.2 Å². The highest BCUT2D eigenvalue weighted by Crippen LogP contribution is 2.26. The first-order valence-corrected chi connectivity index (χ1v) is 9.65. The van der Waals surface area contributed by atoms with Crippen molar-refractivity contribution in [1.29, 1.82) is 0 Å². The van der Waals surface area contributed by atoms with Crippen molar-refractivity contribution in [2.75, 3.05) is 17.2 Å². The molecule has 0 aliphatic carbocycles. The van der Waals surface area contributed by atoms with Crippen LogP contribution in [0.3, 0.4) is 0 Å². The number of hydrogen-bond acceptors (Lipinski definition) is 6. The fourth-order valence-electron chi connectivity index (χ4n) is 2.93. The number of aromatic nitrogens is 5. The summed E-state index contributed by atoms with van der Waals surface area (Å²) in [6.45, 7) is 1.72. The Balaban J connectivity index is 1.46. The molecule has 0 spiro atoms. The van der Waals surface area contributed by atoms with E-state index >= 15 is 0 Å². The van der Waals surface area contributed by atoms with Crippen LogP contribution in [0.1, 0.15) is 6.42 Å². The molecule has 4 rings (SSSR count). The van der Waals surface area contributed by atoms with Gasteiger partial charge in [0.15, 0.2) is 0 Å². The van der Waals surface area contributed by atoms with Gasteiger partial charge in [-0.2, -0.15) is 0 Å². The summed E-state index contributed by atoms with van der Waals surface area (Å²) in [5.41, 5.74) is 3.55. The highest BCUT2D eigenvalue weighted by Gasteiger charge is 2.08. The third-order valence-electron chi connectivity index (χ3n) is 4.30. The van der Waals surface area contributed by atoms with Crippen LogP contribution in [0.2, 0.25) is 5.02 Å². The van der Waals surface area contributed by atoms with E-state index in [2.05, 4.69) is 35.1 Å². The van der Waals surface area contributed by atoms with E-state index in [1.54, 1.807) is 18.6 Å². The summed E-state index contributed by atoms with van der Waals surface area (Å²) >= 11 is 6.05. The number of nitrogens with one attached hydrogen (secondary N) is 2. The van der Waals surface area contributed by atoms with Crippen LogP contribution in [-0.4, -0.2) is 31.0 Å². The van der Waals surface area contributed by atoms with Crippen LogP contribution in [0.4, 0.5) is 17.3 Å². The number of aryl methyl sites for hydroxylation is 1. The van der Waals surface area contributed by atoms with Gasteiger partial charge in [-0.05, 0) is 36.8 Å². The number of nitrogens with zero attached hydrogens (tertiary/aromatic N) is 5. The predicted molar refractivity (Wildman–Crippen MR) is 115 cm³/mol. The summed E-state index contributed by atoms with van der Waals surface area (Å²) in [6.07, 6.45) is 11.9. The molecule has 0 bridgehead atoms. The van der Waals surface area contributed by atoms with E-state index in [1.807, 2.05) is 55.1 Å². The van der Waals surface area contributed by atoms with Crippen molar-refractivity contribution in [2.24, 2.45) is 0 Å². The second kappa shape index (κ2) is 9.16. The maximum atomic E-state index is 6.05. The molecule has 0 amide bonds. The molecule has 0 fully saturated rings. The third-order valence-corrected chi connectivity index (χ3v) is 4.54. The molecule has 29 heavy (non-hydrogen) atoms. The maximum Gasteiger partial charge on any atom is 0.227 e. The fraction of sp³-hybridized carbons (Fsp3) is 0.143. The van der Waals surface area contributed by atoms with Crippen molar-refractivity contribution in [1.82, 2.24) is 24.5 Å². The SMILES string of the molecule is Clc1cccc(Nc2nccc(-c3ccncc3NCCCn3ccnc3)n2)c1. The van der Waals surface area contributed by atoms with Crippen LogP contribution in [0, 0.1) is 0 Å². The van der Waals surface area contributed by atoms with Crippen molar-refractivity contribution >= 4 is 28.9 Å². The summed E-state index contributed by atoms with van der Waals surface area (Å²) in [5, 5.41) is 7.30. The van der Waals surface area contributed by atoms with Crippen molar-refractivity contribution in [3.63, 3.8) is 0 Å². The third kappa shape index (κ3) is 5.08. The maximum absolute atomic E-state index is 6.05. The molecule has 7 nitrogen and oxygen atoms in total. The minimum absolute atomic E-state index is 0.507. The number of hydrogen-bond donors (Lipinski definition) is 2. The van der Waals surface area contributed by atoms with Crippen LogP contribution >= 0.6 is 11.6 Å². The van der Waals surface area contributed by atoms with E-state index < -0.39 is 0 Å². The van der Waals surface area contributed by atoms with E-state index in [-0.39, 0.29) is 0 Å². The lowest BCUT2D eigenvalue weighted by atomic mass is 10.1. The van der Waals surface area contributed by atoms with Gasteiger partial charge in [-0.25, -0.2) is 15.0 Å². The zero-order chi connectivity index (χ0) is 19.9. The van der Waals surface area contributed by atoms with Gasteiger partial charge in [0.25, 0.3) is 0 Å². The molecule has 0 radical (unpaired) electrons. The Labute approximate surface area is 173 Å². The number of imidazole rings is 1. The van der Waals surface area contributed by atoms with E-state index in [0.717, 1.165) is 42.1 Å². The summed E-state index contributed by atoms with van der Waals surface area (Å²) in [4.78, 5) is 17.3. The van der Waals surface area contributed by atoms with Gasteiger partial charge in [-0.1, -0.05) is 17.7 Å². The van der Waals surface area contributed by atoms with Crippen molar-refractivity contribution in [3.05, 3.63) is 78.7 Å². The minimum atomic E-state index is 0.507. The smallest absolute Gasteiger partial charge is 0.227 e. The zero-order valence-electron chi connectivity index (χ0n) is 15.7. The standard InChI is InChI=1S/C21H20ClN7/c22-16-3-1-4-17(13-16)27-21-26-9-6-19(28-21)18-5-8-23-14-20(18)25-7-2-11-29-12-10-24-15-29/h1,3-6,8-10,12-15,25H,2,7,11H2,(H,26,27,28). The lowest BCUT2D eigenvalue weighted by molar-refractivity contribution is 0.661. The summed E-state index contributed by atoms with van der Waals surface area (Å²) < 4.78 is 2.06. The quantitative estimate of drug-likeness (QED) is 0.416. The van der Waals surface area contributed by atoms with Gasteiger partial charge >= 0.3 is 0 Å². The number of pyridine rings is 1. The fourth-order valence-corrected chi connectivity index (χ4v) is 3.12. The summed E-state index contributed by atoms with van der Waals surface area (Å²) in [5.74, 6) is 0.507. The molecule has 8 heteroatoms. The Morgan fingerprint density at radius 1 is 1.03 bits per heavy atom. The van der Waals surface area contributed by atoms with Crippen LogP contribution in [0.15, 0.2) is 73.7 Å². The molecule has 146 valence electrons. The van der Waals surface area contributed by atoms with E-state index in [0.29, 0.717) is 11.0 Å². The first-order chi connectivity index (χ1) is 14.3. The Hall–Kier alpha value is -3.45.